The van der Waals surface area contributed by atoms with E-state index in [0.29, 0.717) is 36.4 Å². The van der Waals surface area contributed by atoms with Crippen LogP contribution >= 0.6 is 0 Å². The number of carbonyl (C=O) groups is 1. The van der Waals surface area contributed by atoms with Gasteiger partial charge >= 0.3 is 0 Å². The molecule has 2 aromatic rings. The fourth-order valence-corrected chi connectivity index (χ4v) is 5.11. The first-order chi connectivity index (χ1) is 14.2. The number of hydrogen-bond acceptors (Lipinski definition) is 5. The van der Waals surface area contributed by atoms with E-state index in [-0.39, 0.29) is 11.9 Å². The second-order valence-electron chi connectivity index (χ2n) is 8.26. The summed E-state index contributed by atoms with van der Waals surface area (Å²) in [4.78, 5) is 17.8. The number of likely N-dealkylation sites (N-methyl/N-ethyl adjacent to an activating group) is 1. The average molecular weight is 398 g/mol. The Labute approximate surface area is 172 Å². The van der Waals surface area contributed by atoms with Crippen LogP contribution in [0.3, 0.4) is 0 Å². The lowest BCUT2D eigenvalue weighted by Crippen LogP contribution is -2.58. The van der Waals surface area contributed by atoms with Gasteiger partial charge in [-0.25, -0.2) is 0 Å². The number of methoxy groups -OCH3 is 1. The number of fused-ring (bicyclic) bond motifs is 1. The minimum atomic E-state index is 0.220. The third-order valence-corrected chi connectivity index (χ3v) is 6.54. The molecule has 0 saturated carbocycles. The monoisotopic (exact) mass is 397 g/mol. The van der Waals surface area contributed by atoms with Crippen LogP contribution in [0.4, 0.5) is 0 Å². The third-order valence-electron chi connectivity index (χ3n) is 6.54. The first kappa shape index (κ1) is 20.0. The minimum Gasteiger partial charge on any atom is -0.479 e. The molecule has 4 rings (SSSR count). The molecule has 0 bridgehead atoms. The molecule has 0 unspecified atom stereocenters. The summed E-state index contributed by atoms with van der Waals surface area (Å²) in [6.07, 6.45) is 5.47. The Bertz CT molecular complexity index is 807. The van der Waals surface area contributed by atoms with Gasteiger partial charge in [0.1, 0.15) is 5.76 Å². The molecule has 6 nitrogen and oxygen atoms in total. The van der Waals surface area contributed by atoms with Gasteiger partial charge in [0.15, 0.2) is 0 Å². The lowest BCUT2D eigenvalue weighted by Gasteiger charge is -2.48. The standard InChI is InChI=1S/C23H31N3O3/c1-25-14-7-6-10-20-23(25)19(17-8-4-3-5-9-17)13-15-26(20)22(27)12-11-18-16-21(28-2)24-29-18/h3-5,8-9,16,19-20,23H,6-7,10-15H2,1-2H3/t19-,20-,23-/m1/s1. The van der Waals surface area contributed by atoms with Gasteiger partial charge in [-0.1, -0.05) is 36.8 Å². The van der Waals surface area contributed by atoms with Crippen LogP contribution in [-0.2, 0) is 11.2 Å². The lowest BCUT2D eigenvalue weighted by molar-refractivity contribution is -0.137. The number of piperidine rings is 1. The van der Waals surface area contributed by atoms with E-state index in [9.17, 15) is 4.79 Å². The SMILES string of the molecule is COc1cc(CCC(=O)N2CC[C@H](c3ccccc3)[C@@H]3[C@H]2CCCCN3C)on1. The van der Waals surface area contributed by atoms with E-state index >= 15 is 0 Å². The number of benzene rings is 1. The highest BCUT2D eigenvalue weighted by atomic mass is 16.5. The van der Waals surface area contributed by atoms with E-state index in [1.165, 1.54) is 18.4 Å². The number of hydrogen-bond donors (Lipinski definition) is 0. The number of ether oxygens (including phenoxy) is 1. The summed E-state index contributed by atoms with van der Waals surface area (Å²) in [7, 11) is 3.79. The molecule has 1 amide bonds. The highest BCUT2D eigenvalue weighted by Crippen LogP contribution is 2.38. The Kier molecular flexibility index (Phi) is 6.19. The van der Waals surface area contributed by atoms with Crippen LogP contribution < -0.4 is 4.74 Å². The van der Waals surface area contributed by atoms with Crippen molar-refractivity contribution in [1.82, 2.24) is 15.0 Å². The van der Waals surface area contributed by atoms with Crippen molar-refractivity contribution in [2.75, 3.05) is 27.2 Å². The van der Waals surface area contributed by atoms with Crippen molar-refractivity contribution in [3.05, 3.63) is 47.7 Å². The van der Waals surface area contributed by atoms with Crippen molar-refractivity contribution in [1.29, 1.82) is 0 Å². The molecule has 2 fully saturated rings. The topological polar surface area (TPSA) is 58.8 Å². The van der Waals surface area contributed by atoms with Gasteiger partial charge in [0.2, 0.25) is 5.91 Å². The van der Waals surface area contributed by atoms with Gasteiger partial charge in [-0.2, -0.15) is 0 Å². The lowest BCUT2D eigenvalue weighted by atomic mass is 9.79. The molecule has 1 aromatic carbocycles. The van der Waals surface area contributed by atoms with E-state index in [1.807, 2.05) is 0 Å². The molecule has 3 atom stereocenters. The second-order valence-corrected chi connectivity index (χ2v) is 8.26. The average Bonchev–Trinajstić information content (AvgIpc) is 3.14. The first-order valence-electron chi connectivity index (χ1n) is 10.7. The summed E-state index contributed by atoms with van der Waals surface area (Å²) in [6, 6.07) is 13.2. The van der Waals surface area contributed by atoms with Crippen molar-refractivity contribution >= 4 is 5.91 Å². The summed E-state index contributed by atoms with van der Waals surface area (Å²) in [5, 5.41) is 3.83. The number of aryl methyl sites for hydroxylation is 1. The van der Waals surface area contributed by atoms with Crippen LogP contribution in [0, 0.1) is 0 Å². The molecular weight excluding hydrogens is 366 g/mol. The van der Waals surface area contributed by atoms with Crippen LogP contribution in [0.5, 0.6) is 5.88 Å². The number of amides is 1. The summed E-state index contributed by atoms with van der Waals surface area (Å²) in [5.41, 5.74) is 1.40. The van der Waals surface area contributed by atoms with Gasteiger partial charge in [-0.3, -0.25) is 4.79 Å². The van der Waals surface area contributed by atoms with Crippen LogP contribution in [0.1, 0.15) is 49.3 Å². The van der Waals surface area contributed by atoms with Crippen LogP contribution in [0.2, 0.25) is 0 Å². The maximum absolute atomic E-state index is 13.2. The van der Waals surface area contributed by atoms with E-state index in [2.05, 4.69) is 52.3 Å². The zero-order chi connectivity index (χ0) is 20.2. The fraction of sp³-hybridized carbons (Fsp3) is 0.565. The second kappa shape index (κ2) is 8.99. The quantitative estimate of drug-likeness (QED) is 0.773. The van der Waals surface area contributed by atoms with Gasteiger partial charge in [-0.15, -0.1) is 0 Å². The first-order valence-corrected chi connectivity index (χ1v) is 10.7. The van der Waals surface area contributed by atoms with E-state index in [1.54, 1.807) is 13.2 Å². The predicted octanol–water partition coefficient (Wildman–Crippen LogP) is 3.48. The van der Waals surface area contributed by atoms with Crippen molar-refractivity contribution in [3.63, 3.8) is 0 Å². The molecule has 0 N–H and O–H groups in total. The van der Waals surface area contributed by atoms with Gasteiger partial charge in [0.05, 0.1) is 7.11 Å². The zero-order valence-corrected chi connectivity index (χ0v) is 17.4. The Morgan fingerprint density at radius 2 is 2.03 bits per heavy atom. The summed E-state index contributed by atoms with van der Waals surface area (Å²) >= 11 is 0. The number of aromatic nitrogens is 1. The number of nitrogens with zero attached hydrogens (tertiary/aromatic N) is 3. The van der Waals surface area contributed by atoms with Gasteiger partial charge in [-0.05, 0) is 43.6 Å². The number of carbonyl (C=O) groups excluding carboxylic acids is 1. The minimum absolute atomic E-state index is 0.220. The molecule has 0 radical (unpaired) electrons. The highest BCUT2D eigenvalue weighted by molar-refractivity contribution is 5.77. The number of rotatable bonds is 5. The van der Waals surface area contributed by atoms with Crippen molar-refractivity contribution in [3.8, 4) is 5.88 Å². The summed E-state index contributed by atoms with van der Waals surface area (Å²) in [6.45, 7) is 1.93. The van der Waals surface area contributed by atoms with E-state index < -0.39 is 0 Å². The molecule has 29 heavy (non-hydrogen) atoms. The predicted molar refractivity (Wildman–Crippen MR) is 111 cm³/mol. The molecule has 1 aromatic heterocycles. The molecule has 2 aliphatic heterocycles. The maximum Gasteiger partial charge on any atom is 0.254 e. The molecule has 6 heteroatoms. The molecule has 3 heterocycles. The summed E-state index contributed by atoms with van der Waals surface area (Å²) < 4.78 is 10.3. The third kappa shape index (κ3) is 4.32. The molecular formula is C23H31N3O3. The Hall–Kier alpha value is -2.34. The fourth-order valence-electron chi connectivity index (χ4n) is 5.11. The molecule has 2 aliphatic rings. The zero-order valence-electron chi connectivity index (χ0n) is 17.4. The molecule has 156 valence electrons. The van der Waals surface area contributed by atoms with Crippen molar-refractivity contribution in [2.45, 2.75) is 56.5 Å². The van der Waals surface area contributed by atoms with Crippen molar-refractivity contribution in [2.24, 2.45) is 0 Å². The van der Waals surface area contributed by atoms with Crippen LogP contribution in [0.25, 0.3) is 0 Å². The normalized spacial score (nSPS) is 25.3. The van der Waals surface area contributed by atoms with E-state index in [0.717, 1.165) is 25.9 Å². The van der Waals surface area contributed by atoms with Crippen LogP contribution in [-0.4, -0.2) is 60.2 Å². The van der Waals surface area contributed by atoms with Gasteiger partial charge in [0, 0.05) is 43.5 Å². The van der Waals surface area contributed by atoms with E-state index in [4.69, 9.17) is 9.26 Å². The molecule has 0 aliphatic carbocycles. The van der Waals surface area contributed by atoms with Gasteiger partial charge < -0.3 is 19.1 Å². The van der Waals surface area contributed by atoms with Gasteiger partial charge in [0.25, 0.3) is 5.88 Å². The molecule has 0 spiro atoms. The van der Waals surface area contributed by atoms with Crippen LogP contribution in [0.15, 0.2) is 40.9 Å². The Morgan fingerprint density at radius 1 is 1.21 bits per heavy atom. The molecule has 2 saturated heterocycles. The Morgan fingerprint density at radius 3 is 2.79 bits per heavy atom. The number of likely N-dealkylation sites (tertiary alicyclic amines) is 2. The van der Waals surface area contributed by atoms with Crippen molar-refractivity contribution < 1.29 is 14.1 Å². The Balaban J connectivity index is 1.50. The highest BCUT2D eigenvalue weighted by Gasteiger charge is 2.43. The summed E-state index contributed by atoms with van der Waals surface area (Å²) in [5.74, 6) is 1.86. The maximum atomic E-state index is 13.2. The largest absolute Gasteiger partial charge is 0.479 e. The smallest absolute Gasteiger partial charge is 0.254 e.